The smallest absolute Gasteiger partial charge is 0.164 e. The van der Waals surface area contributed by atoms with Crippen LogP contribution in [0.15, 0.2) is 172 Å². The lowest BCUT2D eigenvalue weighted by Gasteiger charge is -2.11. The van der Waals surface area contributed by atoms with E-state index in [1.807, 2.05) is 72.8 Å². The van der Waals surface area contributed by atoms with Gasteiger partial charge < -0.3 is 8.83 Å². The van der Waals surface area contributed by atoms with Crippen LogP contribution < -0.4 is 0 Å². The van der Waals surface area contributed by atoms with Crippen molar-refractivity contribution < 1.29 is 8.83 Å². The van der Waals surface area contributed by atoms with Crippen LogP contribution in [0.3, 0.4) is 0 Å². The number of hydrogen-bond acceptors (Lipinski definition) is 5. The summed E-state index contributed by atoms with van der Waals surface area (Å²) in [4.78, 5) is 15.6. The van der Waals surface area contributed by atoms with E-state index in [2.05, 4.69) is 90.3 Å². The van der Waals surface area contributed by atoms with Crippen LogP contribution >= 0.6 is 0 Å². The van der Waals surface area contributed by atoms with Crippen LogP contribution in [0, 0.1) is 0 Å². The van der Waals surface area contributed by atoms with Gasteiger partial charge in [-0.25, -0.2) is 15.0 Å². The second kappa shape index (κ2) is 11.1. The third kappa shape index (κ3) is 4.42. The number of aromatic nitrogens is 3. The SMILES string of the molecule is C1=C=CC(c2cccc3oc4cccc(-c5nc(-c6ccc7ccc8ccccc8c7c6)nc(-c6ccc7oc8ccccc8c7c6)n5)c4c23)=CC=1. The Morgan fingerprint density at radius 3 is 1.83 bits per heavy atom. The van der Waals surface area contributed by atoms with E-state index in [4.69, 9.17) is 23.8 Å². The molecule has 10 aromatic rings. The summed E-state index contributed by atoms with van der Waals surface area (Å²) in [5.41, 5.74) is 14.1. The topological polar surface area (TPSA) is 65.0 Å². The minimum atomic E-state index is 0.561. The van der Waals surface area contributed by atoms with Gasteiger partial charge in [0.2, 0.25) is 0 Å². The van der Waals surface area contributed by atoms with Crippen molar-refractivity contribution in [3.63, 3.8) is 0 Å². The quantitative estimate of drug-likeness (QED) is 0.138. The van der Waals surface area contributed by atoms with Crippen LogP contribution in [0.2, 0.25) is 0 Å². The lowest BCUT2D eigenvalue weighted by molar-refractivity contribution is 0.668. The van der Waals surface area contributed by atoms with Crippen molar-refractivity contribution in [3.05, 3.63) is 169 Å². The summed E-state index contributed by atoms with van der Waals surface area (Å²) in [6.07, 6.45) is 5.88. The van der Waals surface area contributed by atoms with Crippen LogP contribution in [0.25, 0.3) is 105 Å². The maximum Gasteiger partial charge on any atom is 0.164 e. The summed E-state index contributed by atoms with van der Waals surface area (Å²) in [6, 6.07) is 45.7. The number of rotatable bonds is 4. The molecular formula is C47H25N3O2. The van der Waals surface area contributed by atoms with Crippen molar-refractivity contribution in [2.75, 3.05) is 0 Å². The summed E-state index contributed by atoms with van der Waals surface area (Å²) in [5.74, 6) is 1.72. The van der Waals surface area contributed by atoms with Gasteiger partial charge in [0.25, 0.3) is 0 Å². The Balaban J connectivity index is 1.19. The Bertz CT molecular complexity index is 3280. The number of benzene rings is 7. The van der Waals surface area contributed by atoms with Gasteiger partial charge in [-0.1, -0.05) is 102 Å². The molecule has 0 spiro atoms. The van der Waals surface area contributed by atoms with E-state index in [1.165, 1.54) is 10.8 Å². The van der Waals surface area contributed by atoms with E-state index in [0.717, 1.165) is 82.5 Å². The van der Waals surface area contributed by atoms with E-state index < -0.39 is 0 Å². The zero-order valence-electron chi connectivity index (χ0n) is 27.6. The van der Waals surface area contributed by atoms with E-state index in [1.54, 1.807) is 0 Å². The third-order valence-corrected chi connectivity index (χ3v) is 10.0. The molecule has 3 heterocycles. The molecule has 0 saturated carbocycles. The molecule has 5 heteroatoms. The van der Waals surface area contributed by atoms with Crippen LogP contribution in [0.5, 0.6) is 0 Å². The minimum Gasteiger partial charge on any atom is -0.456 e. The van der Waals surface area contributed by atoms with E-state index in [0.29, 0.717) is 17.5 Å². The highest BCUT2D eigenvalue weighted by atomic mass is 16.3. The molecule has 7 aromatic carbocycles. The summed E-state index contributed by atoms with van der Waals surface area (Å²) in [6.45, 7) is 0. The number of hydrogen-bond donors (Lipinski definition) is 0. The highest BCUT2D eigenvalue weighted by molar-refractivity contribution is 6.16. The normalized spacial score (nSPS) is 12.7. The van der Waals surface area contributed by atoms with E-state index in [-0.39, 0.29) is 0 Å². The molecule has 52 heavy (non-hydrogen) atoms. The number of allylic oxidation sites excluding steroid dienone is 4. The Morgan fingerprint density at radius 2 is 1.02 bits per heavy atom. The fraction of sp³-hybridized carbons (Fsp3) is 0. The van der Waals surface area contributed by atoms with Gasteiger partial charge in [-0.3, -0.25) is 0 Å². The van der Waals surface area contributed by atoms with Gasteiger partial charge in [0, 0.05) is 38.2 Å². The zero-order valence-corrected chi connectivity index (χ0v) is 27.6. The molecule has 11 rings (SSSR count). The second-order valence-corrected chi connectivity index (χ2v) is 13.0. The lowest BCUT2D eigenvalue weighted by atomic mass is 9.96. The first-order chi connectivity index (χ1) is 25.7. The van der Waals surface area contributed by atoms with Crippen LogP contribution in [-0.2, 0) is 0 Å². The summed E-state index contributed by atoms with van der Waals surface area (Å²) in [5, 5.41) is 8.69. The van der Waals surface area contributed by atoms with E-state index in [9.17, 15) is 0 Å². The summed E-state index contributed by atoms with van der Waals surface area (Å²) >= 11 is 0. The Hall–Kier alpha value is -7.29. The third-order valence-electron chi connectivity index (χ3n) is 10.0. The van der Waals surface area contributed by atoms with Crippen molar-refractivity contribution in [2.45, 2.75) is 0 Å². The molecule has 0 unspecified atom stereocenters. The molecule has 240 valence electrons. The molecule has 0 saturated heterocycles. The molecule has 0 amide bonds. The first kappa shape index (κ1) is 28.5. The van der Waals surface area contributed by atoms with Gasteiger partial charge in [0.05, 0.1) is 0 Å². The van der Waals surface area contributed by atoms with Gasteiger partial charge in [-0.15, -0.1) is 0 Å². The second-order valence-electron chi connectivity index (χ2n) is 13.0. The van der Waals surface area contributed by atoms with Gasteiger partial charge in [-0.2, -0.15) is 0 Å². The average Bonchev–Trinajstić information content (AvgIpc) is 3.79. The minimum absolute atomic E-state index is 0.561. The standard InChI is InChI=1S/C47H25N3O2/c1-2-10-28(11-3-1)34-15-8-18-41-43(34)44-36(16-9-19-42(44)52-41)47-49-45(31-23-22-30-21-20-29-12-4-5-13-33(29)37(30)26-31)48-46(50-47)32-24-25-40-38(27-32)35-14-6-7-17-39(35)51-40/h2,4-27H. The van der Waals surface area contributed by atoms with Crippen molar-refractivity contribution in [1.29, 1.82) is 0 Å². The van der Waals surface area contributed by atoms with Crippen molar-refractivity contribution in [3.8, 4) is 34.2 Å². The Morgan fingerprint density at radius 1 is 0.423 bits per heavy atom. The Kier molecular flexibility index (Phi) is 6.10. The highest BCUT2D eigenvalue weighted by Crippen LogP contribution is 2.41. The van der Waals surface area contributed by atoms with Crippen molar-refractivity contribution in [1.82, 2.24) is 15.0 Å². The van der Waals surface area contributed by atoms with Gasteiger partial charge in [-0.05, 0) is 93.4 Å². The van der Waals surface area contributed by atoms with Crippen LogP contribution in [0.4, 0.5) is 0 Å². The number of furan rings is 2. The predicted molar refractivity (Wildman–Crippen MR) is 210 cm³/mol. The van der Waals surface area contributed by atoms with E-state index >= 15 is 0 Å². The lowest BCUT2D eigenvalue weighted by Crippen LogP contribution is -2.00. The maximum absolute atomic E-state index is 6.48. The molecule has 0 aliphatic heterocycles. The molecule has 5 nitrogen and oxygen atoms in total. The number of fused-ring (bicyclic) bond motifs is 9. The maximum atomic E-state index is 6.48. The molecule has 0 N–H and O–H groups in total. The molecule has 0 bridgehead atoms. The molecule has 0 atom stereocenters. The molecular weight excluding hydrogens is 639 g/mol. The molecule has 3 aromatic heterocycles. The fourth-order valence-electron chi connectivity index (χ4n) is 7.57. The largest absolute Gasteiger partial charge is 0.456 e. The van der Waals surface area contributed by atoms with Crippen LogP contribution in [-0.4, -0.2) is 15.0 Å². The van der Waals surface area contributed by atoms with Gasteiger partial charge in [0.15, 0.2) is 17.5 Å². The van der Waals surface area contributed by atoms with Crippen molar-refractivity contribution in [2.24, 2.45) is 0 Å². The zero-order chi connectivity index (χ0) is 34.2. The summed E-state index contributed by atoms with van der Waals surface area (Å²) < 4.78 is 12.6. The van der Waals surface area contributed by atoms with Crippen molar-refractivity contribution >= 4 is 71.0 Å². The van der Waals surface area contributed by atoms with Gasteiger partial charge in [0.1, 0.15) is 22.3 Å². The fourth-order valence-corrected chi connectivity index (χ4v) is 7.57. The molecule has 1 aliphatic rings. The first-order valence-electron chi connectivity index (χ1n) is 17.2. The van der Waals surface area contributed by atoms with Gasteiger partial charge >= 0.3 is 0 Å². The Labute approximate surface area is 296 Å². The molecule has 0 radical (unpaired) electrons. The first-order valence-corrected chi connectivity index (χ1v) is 17.2. The number of nitrogens with zero attached hydrogens (tertiary/aromatic N) is 3. The predicted octanol–water partition coefficient (Wildman–Crippen LogP) is 12.2. The number of para-hydroxylation sites is 1. The average molecular weight is 664 g/mol. The summed E-state index contributed by atoms with van der Waals surface area (Å²) in [7, 11) is 0. The van der Waals surface area contributed by atoms with Crippen LogP contribution in [0.1, 0.15) is 5.56 Å². The molecule has 1 aliphatic carbocycles. The molecule has 0 fully saturated rings. The highest BCUT2D eigenvalue weighted by Gasteiger charge is 2.21. The monoisotopic (exact) mass is 663 g/mol.